The number of alkyl halides is 3. The van der Waals surface area contributed by atoms with Gasteiger partial charge in [0, 0.05) is 11.0 Å². The number of sulfonamides is 1. The number of carbonyl (C=O) groups is 1. The maximum Gasteiger partial charge on any atom is 1.00 e. The van der Waals surface area contributed by atoms with E-state index in [4.69, 9.17) is 4.74 Å². The van der Waals surface area contributed by atoms with Crippen LogP contribution in [0.5, 0.6) is 5.75 Å². The number of rotatable bonds is 5. The van der Waals surface area contributed by atoms with Crippen molar-refractivity contribution in [2.75, 3.05) is 7.11 Å². The summed E-state index contributed by atoms with van der Waals surface area (Å²) in [4.78, 5) is 11.4. The Morgan fingerprint density at radius 2 is 1.63 bits per heavy atom. The van der Waals surface area contributed by atoms with E-state index in [9.17, 15) is 26.4 Å². The smallest absolute Gasteiger partial charge is 0.541 e. The van der Waals surface area contributed by atoms with Crippen LogP contribution in [-0.4, -0.2) is 31.2 Å². The molecule has 0 aliphatic heterocycles. The molecule has 0 N–H and O–H groups in total. The van der Waals surface area contributed by atoms with Gasteiger partial charge >= 0.3 is 35.7 Å². The molecule has 3 rings (SSSR count). The zero-order valence-electron chi connectivity index (χ0n) is 19.5. The van der Waals surface area contributed by atoms with E-state index >= 15 is 4.39 Å². The Bertz CT molecular complexity index is 1330. The van der Waals surface area contributed by atoms with Gasteiger partial charge in [-0.2, -0.15) is 18.3 Å². The number of aromatic nitrogens is 2. The molecule has 13 heteroatoms. The first-order valence-electron chi connectivity index (χ1n) is 9.77. The van der Waals surface area contributed by atoms with Gasteiger partial charge in [-0.25, -0.2) is 17.5 Å². The number of nitrogens with zero attached hydrogens (tertiary/aromatic N) is 3. The molecule has 0 aliphatic carbocycles. The van der Waals surface area contributed by atoms with E-state index in [1.807, 2.05) is 0 Å². The van der Waals surface area contributed by atoms with Crippen molar-refractivity contribution in [3.63, 3.8) is 0 Å². The van der Waals surface area contributed by atoms with Crippen LogP contribution in [0.3, 0.4) is 0 Å². The molecule has 0 fully saturated rings. The van der Waals surface area contributed by atoms with Crippen molar-refractivity contribution in [3.05, 3.63) is 64.8 Å². The minimum atomic E-state index is -4.81. The maximum atomic E-state index is 15.0. The number of carbonyl (C=O) groups excluding carboxylic acids is 1. The van der Waals surface area contributed by atoms with Crippen LogP contribution in [0.4, 0.5) is 17.6 Å². The van der Waals surface area contributed by atoms with Gasteiger partial charge in [0.25, 0.3) is 0 Å². The van der Waals surface area contributed by atoms with Gasteiger partial charge < -0.3 is 14.3 Å². The molecule has 182 valence electrons. The molecule has 2 aromatic carbocycles. The summed E-state index contributed by atoms with van der Waals surface area (Å²) in [6.07, 6.45) is -4.81. The van der Waals surface area contributed by atoms with Crippen LogP contribution in [0.2, 0.25) is 0 Å². The third kappa shape index (κ3) is 6.43. The van der Waals surface area contributed by atoms with Gasteiger partial charge in [0.1, 0.15) is 27.3 Å². The van der Waals surface area contributed by atoms with Crippen LogP contribution in [0.1, 0.15) is 26.5 Å². The third-order valence-electron chi connectivity index (χ3n) is 4.68. The topological polar surface area (TPSA) is 92.4 Å². The SMILES string of the molecule is COc1ccc(-c2cc(C(F)(F)F)nn2-c2ccc(S(=O)(=O)[N-]C(=O)C(C)(C)C)cc2F)cc1.[Na+]. The van der Waals surface area contributed by atoms with Gasteiger partial charge in [-0.05, 0) is 48.5 Å². The van der Waals surface area contributed by atoms with Crippen molar-refractivity contribution in [1.82, 2.24) is 9.78 Å². The molecule has 0 spiro atoms. The molecule has 0 saturated heterocycles. The van der Waals surface area contributed by atoms with Gasteiger partial charge in [-0.3, -0.25) is 0 Å². The fraction of sp³-hybridized carbons (Fsp3) is 0.273. The number of methoxy groups -OCH3 is 1. The van der Waals surface area contributed by atoms with Gasteiger partial charge in [0.05, 0.1) is 23.6 Å². The minimum absolute atomic E-state index is 0. The first kappa shape index (κ1) is 28.8. The summed E-state index contributed by atoms with van der Waals surface area (Å²) in [5, 5.41) is 3.50. The molecular formula is C22H20F4N3NaO4S. The molecular weight excluding hydrogens is 501 g/mol. The monoisotopic (exact) mass is 521 g/mol. The zero-order valence-corrected chi connectivity index (χ0v) is 22.3. The quantitative estimate of drug-likeness (QED) is 0.380. The van der Waals surface area contributed by atoms with E-state index in [1.165, 1.54) is 52.1 Å². The average molecular weight is 521 g/mol. The summed E-state index contributed by atoms with van der Waals surface area (Å²) in [7, 11) is -3.12. The Morgan fingerprint density at radius 3 is 2.11 bits per heavy atom. The summed E-state index contributed by atoms with van der Waals surface area (Å²) in [6, 6.07) is 9.21. The van der Waals surface area contributed by atoms with Gasteiger partial charge in [-0.1, -0.05) is 20.8 Å². The molecule has 0 radical (unpaired) electrons. The second kappa shape index (κ2) is 10.3. The molecule has 1 aromatic heterocycles. The summed E-state index contributed by atoms with van der Waals surface area (Å²) in [5.74, 6) is -1.65. The zero-order chi connectivity index (χ0) is 25.5. The van der Waals surface area contributed by atoms with Crippen LogP contribution in [0.25, 0.3) is 21.7 Å². The standard InChI is InChI=1S/C22H21F4N3O4S.Na/c1-21(2,3)20(30)28-34(31,32)15-9-10-17(16(23)11-15)29-18(12-19(27-29)22(24,25)26)13-5-7-14(33-4)8-6-13;/h5-12H,1-4H3,(H,28,30);/q;+1/p-1. The Hall–Kier alpha value is -2.41. The average Bonchev–Trinajstić information content (AvgIpc) is 3.18. The number of benzene rings is 2. The fourth-order valence-corrected chi connectivity index (χ4v) is 3.88. The second-order valence-electron chi connectivity index (χ2n) is 8.29. The van der Waals surface area contributed by atoms with Crippen LogP contribution in [0, 0.1) is 11.2 Å². The van der Waals surface area contributed by atoms with Crippen molar-refractivity contribution >= 4 is 15.9 Å². The van der Waals surface area contributed by atoms with Crippen molar-refractivity contribution in [1.29, 1.82) is 0 Å². The summed E-state index contributed by atoms with van der Waals surface area (Å²) < 4.78 is 88.9. The number of ether oxygens (including phenoxy) is 1. The first-order chi connectivity index (χ1) is 15.6. The van der Waals surface area contributed by atoms with Crippen molar-refractivity contribution in [2.24, 2.45) is 5.41 Å². The number of halogens is 4. The number of hydrogen-bond donors (Lipinski definition) is 0. The summed E-state index contributed by atoms with van der Waals surface area (Å²) >= 11 is 0. The van der Waals surface area contributed by atoms with E-state index < -0.39 is 49.6 Å². The molecule has 7 nitrogen and oxygen atoms in total. The normalized spacial score (nSPS) is 12.1. The van der Waals surface area contributed by atoms with E-state index in [1.54, 1.807) is 0 Å². The number of amides is 1. The Kier molecular flexibility index (Phi) is 8.48. The van der Waals surface area contributed by atoms with E-state index in [2.05, 4.69) is 9.82 Å². The molecule has 1 amide bonds. The Morgan fingerprint density at radius 1 is 1.03 bits per heavy atom. The third-order valence-corrected chi connectivity index (χ3v) is 5.93. The predicted octanol–water partition coefficient (Wildman–Crippen LogP) is 2.34. The van der Waals surface area contributed by atoms with Crippen molar-refractivity contribution < 1.29 is 65.1 Å². The molecule has 0 saturated carbocycles. The summed E-state index contributed by atoms with van der Waals surface area (Å²) in [6.45, 7) is 4.40. The molecule has 0 bridgehead atoms. The first-order valence-corrected chi connectivity index (χ1v) is 11.2. The molecule has 3 aromatic rings. The maximum absolute atomic E-state index is 15.0. The van der Waals surface area contributed by atoms with Crippen LogP contribution >= 0.6 is 0 Å². The van der Waals surface area contributed by atoms with E-state index in [0.29, 0.717) is 11.8 Å². The van der Waals surface area contributed by atoms with E-state index in [0.717, 1.165) is 22.9 Å². The van der Waals surface area contributed by atoms with Gasteiger partial charge in [-0.15, -0.1) is 0 Å². The van der Waals surface area contributed by atoms with Crippen LogP contribution in [-0.2, 0) is 21.0 Å². The second-order valence-corrected chi connectivity index (χ2v) is 9.89. The Balaban J connectivity index is 0.00000432. The van der Waals surface area contributed by atoms with Gasteiger partial charge in [0.2, 0.25) is 0 Å². The molecule has 0 atom stereocenters. The summed E-state index contributed by atoms with van der Waals surface area (Å²) in [5.41, 5.74) is -2.58. The van der Waals surface area contributed by atoms with Gasteiger partial charge in [0.15, 0.2) is 5.69 Å². The predicted molar refractivity (Wildman–Crippen MR) is 116 cm³/mol. The number of hydrogen-bond acceptors (Lipinski definition) is 5. The van der Waals surface area contributed by atoms with E-state index in [-0.39, 0.29) is 40.8 Å². The molecule has 35 heavy (non-hydrogen) atoms. The molecule has 1 heterocycles. The molecule has 0 unspecified atom stereocenters. The fourth-order valence-electron chi connectivity index (χ4n) is 2.79. The molecule has 0 aliphatic rings. The van der Waals surface area contributed by atoms with Crippen molar-refractivity contribution in [2.45, 2.75) is 31.8 Å². The van der Waals surface area contributed by atoms with Crippen LogP contribution in [0.15, 0.2) is 53.4 Å². The minimum Gasteiger partial charge on any atom is -0.541 e. The van der Waals surface area contributed by atoms with Crippen LogP contribution < -0.4 is 34.3 Å². The largest absolute Gasteiger partial charge is 1.00 e. The Labute approximate surface area is 221 Å². The van der Waals surface area contributed by atoms with Crippen molar-refractivity contribution in [3.8, 4) is 22.7 Å².